The summed E-state index contributed by atoms with van der Waals surface area (Å²) >= 11 is 0. The third-order valence-electron chi connectivity index (χ3n) is 8.93. The Morgan fingerprint density at radius 1 is 0.391 bits per heavy atom. The van der Waals surface area contributed by atoms with Gasteiger partial charge in [0, 0.05) is 38.2 Å². The Labute approximate surface area is 265 Å². The average Bonchev–Trinajstić information content (AvgIpc) is 3.70. The van der Waals surface area contributed by atoms with Crippen molar-refractivity contribution < 1.29 is 8.83 Å². The maximum Gasteiger partial charge on any atom is 0.143 e. The molecule has 214 valence electrons. The number of nitrogens with zero attached hydrogens (tertiary/aromatic N) is 1. The molecule has 2 aromatic heterocycles. The van der Waals surface area contributed by atoms with Crippen molar-refractivity contribution in [2.45, 2.75) is 0 Å². The first-order chi connectivity index (χ1) is 22.8. The van der Waals surface area contributed by atoms with Gasteiger partial charge in [0.25, 0.3) is 0 Å². The molecule has 0 unspecified atom stereocenters. The van der Waals surface area contributed by atoms with Crippen molar-refractivity contribution in [2.75, 3.05) is 0 Å². The summed E-state index contributed by atoms with van der Waals surface area (Å²) in [6, 6.07) is 54.2. The van der Waals surface area contributed by atoms with E-state index < -0.39 is 0 Å². The van der Waals surface area contributed by atoms with Gasteiger partial charge >= 0.3 is 0 Å². The molecule has 0 saturated carbocycles. The van der Waals surface area contributed by atoms with Crippen molar-refractivity contribution in [1.82, 2.24) is 0 Å². The Morgan fingerprint density at radius 2 is 0.913 bits per heavy atom. The van der Waals surface area contributed by atoms with Crippen molar-refractivity contribution in [3.8, 4) is 50.6 Å². The average molecular weight is 588 g/mol. The van der Waals surface area contributed by atoms with Crippen molar-refractivity contribution >= 4 is 43.9 Å². The van der Waals surface area contributed by atoms with E-state index in [1.165, 1.54) is 0 Å². The van der Waals surface area contributed by atoms with Crippen LogP contribution < -0.4 is 0 Å². The van der Waals surface area contributed by atoms with Gasteiger partial charge in [-0.2, -0.15) is 5.26 Å². The molecule has 7 aromatic carbocycles. The molecule has 9 aromatic rings. The second-order valence-electron chi connectivity index (χ2n) is 11.6. The highest BCUT2D eigenvalue weighted by molar-refractivity contribution is 6.13. The number of rotatable bonds is 4. The normalized spacial score (nSPS) is 11.5. The highest BCUT2D eigenvalue weighted by Gasteiger charge is 2.19. The molecular weight excluding hydrogens is 562 g/mol. The van der Waals surface area contributed by atoms with Gasteiger partial charge in [0.2, 0.25) is 0 Å². The predicted molar refractivity (Wildman–Crippen MR) is 187 cm³/mol. The van der Waals surface area contributed by atoms with Gasteiger partial charge in [-0.25, -0.2) is 0 Å². The van der Waals surface area contributed by atoms with Crippen LogP contribution in [0.3, 0.4) is 0 Å². The van der Waals surface area contributed by atoms with Crippen LogP contribution in [0.15, 0.2) is 160 Å². The highest BCUT2D eigenvalue weighted by atomic mass is 16.3. The topological polar surface area (TPSA) is 50.1 Å². The van der Waals surface area contributed by atoms with E-state index in [0.29, 0.717) is 5.56 Å². The predicted octanol–water partition coefficient (Wildman–Crippen LogP) is 12.0. The number of para-hydroxylation sites is 3. The van der Waals surface area contributed by atoms with Crippen LogP contribution in [0.1, 0.15) is 5.56 Å². The minimum Gasteiger partial charge on any atom is -0.456 e. The Morgan fingerprint density at radius 3 is 1.70 bits per heavy atom. The molecule has 3 nitrogen and oxygen atoms in total. The smallest absolute Gasteiger partial charge is 0.143 e. The Hall–Kier alpha value is -6.37. The number of hydrogen-bond acceptors (Lipinski definition) is 3. The van der Waals surface area contributed by atoms with Gasteiger partial charge in [-0.3, -0.25) is 0 Å². The van der Waals surface area contributed by atoms with E-state index in [1.807, 2.05) is 84.9 Å². The standard InChI is InChI=1S/C43H25NO2/c44-26-38-31(27-11-2-1-3-12-27)15-8-16-32(38)28-23-29(33-17-10-22-41-42(33)37-14-5-7-21-40(37)45-41)25-30(24-28)34-18-9-19-36-35-13-4-6-20-39(35)46-43(34)36/h1-25H. The van der Waals surface area contributed by atoms with Crippen LogP contribution in [0.5, 0.6) is 0 Å². The first-order valence-corrected chi connectivity index (χ1v) is 15.3. The van der Waals surface area contributed by atoms with Gasteiger partial charge in [0.15, 0.2) is 0 Å². The summed E-state index contributed by atoms with van der Waals surface area (Å²) in [6.45, 7) is 0. The molecule has 0 N–H and O–H groups in total. The van der Waals surface area contributed by atoms with Gasteiger partial charge in [-0.15, -0.1) is 0 Å². The van der Waals surface area contributed by atoms with Gasteiger partial charge in [-0.1, -0.05) is 115 Å². The van der Waals surface area contributed by atoms with Gasteiger partial charge < -0.3 is 8.83 Å². The molecule has 0 aliphatic carbocycles. The Bertz CT molecular complexity index is 2650. The zero-order valence-electron chi connectivity index (χ0n) is 24.7. The molecule has 9 rings (SSSR count). The summed E-state index contributed by atoms with van der Waals surface area (Å²) in [6.07, 6.45) is 0. The van der Waals surface area contributed by atoms with E-state index in [9.17, 15) is 5.26 Å². The summed E-state index contributed by atoms with van der Waals surface area (Å²) in [5, 5.41) is 14.9. The monoisotopic (exact) mass is 587 g/mol. The minimum absolute atomic E-state index is 0.644. The molecule has 0 fully saturated rings. The lowest BCUT2D eigenvalue weighted by molar-refractivity contribution is 0.669. The molecule has 2 heterocycles. The third-order valence-corrected chi connectivity index (χ3v) is 8.93. The van der Waals surface area contributed by atoms with Crippen molar-refractivity contribution in [1.29, 1.82) is 5.26 Å². The molecule has 46 heavy (non-hydrogen) atoms. The third kappa shape index (κ3) is 4.05. The van der Waals surface area contributed by atoms with E-state index >= 15 is 0 Å². The second-order valence-corrected chi connectivity index (χ2v) is 11.6. The molecule has 0 amide bonds. The second kappa shape index (κ2) is 10.4. The number of furan rings is 2. The SMILES string of the molecule is N#Cc1c(-c2ccccc2)cccc1-c1cc(-c2cccc3c2oc2ccccc23)cc(-c2cccc3oc4ccccc4c23)c1. The van der Waals surface area contributed by atoms with Crippen LogP contribution in [0.4, 0.5) is 0 Å². The van der Waals surface area contributed by atoms with Crippen molar-refractivity contribution in [2.24, 2.45) is 0 Å². The molecule has 0 atom stereocenters. The molecule has 0 spiro atoms. The first kappa shape index (κ1) is 26.1. The zero-order chi connectivity index (χ0) is 30.6. The number of benzene rings is 7. The van der Waals surface area contributed by atoms with Gasteiger partial charge in [0.1, 0.15) is 28.4 Å². The number of fused-ring (bicyclic) bond motifs is 6. The molecule has 0 radical (unpaired) electrons. The summed E-state index contributed by atoms with van der Waals surface area (Å²) in [4.78, 5) is 0. The molecule has 0 saturated heterocycles. The van der Waals surface area contributed by atoms with Crippen LogP contribution in [0.25, 0.3) is 88.4 Å². The van der Waals surface area contributed by atoms with Crippen LogP contribution in [-0.4, -0.2) is 0 Å². The summed E-state index contributed by atoms with van der Waals surface area (Å²) < 4.78 is 12.8. The molecule has 3 heteroatoms. The van der Waals surface area contributed by atoms with Crippen LogP contribution in [-0.2, 0) is 0 Å². The van der Waals surface area contributed by atoms with Crippen LogP contribution >= 0.6 is 0 Å². The fourth-order valence-electron chi connectivity index (χ4n) is 6.86. The molecule has 0 aliphatic heterocycles. The van der Waals surface area contributed by atoms with E-state index in [4.69, 9.17) is 8.83 Å². The van der Waals surface area contributed by atoms with E-state index in [1.54, 1.807) is 0 Å². The minimum atomic E-state index is 0.644. The van der Waals surface area contributed by atoms with Crippen molar-refractivity contribution in [3.05, 3.63) is 157 Å². The molecular formula is C43H25NO2. The first-order valence-electron chi connectivity index (χ1n) is 15.3. The van der Waals surface area contributed by atoms with Crippen LogP contribution in [0.2, 0.25) is 0 Å². The quantitative estimate of drug-likeness (QED) is 0.206. The molecule has 0 bridgehead atoms. The number of hydrogen-bond donors (Lipinski definition) is 0. The zero-order valence-corrected chi connectivity index (χ0v) is 24.7. The maximum absolute atomic E-state index is 10.6. The van der Waals surface area contributed by atoms with E-state index in [0.717, 1.165) is 88.4 Å². The van der Waals surface area contributed by atoms with E-state index in [2.05, 4.69) is 72.8 Å². The lowest BCUT2D eigenvalue weighted by Gasteiger charge is -2.15. The maximum atomic E-state index is 10.6. The largest absolute Gasteiger partial charge is 0.456 e. The fraction of sp³-hybridized carbons (Fsp3) is 0. The van der Waals surface area contributed by atoms with Gasteiger partial charge in [-0.05, 0) is 64.2 Å². The molecule has 0 aliphatic rings. The fourth-order valence-corrected chi connectivity index (χ4v) is 6.86. The highest BCUT2D eigenvalue weighted by Crippen LogP contribution is 2.43. The summed E-state index contributed by atoms with van der Waals surface area (Å²) in [7, 11) is 0. The van der Waals surface area contributed by atoms with Gasteiger partial charge in [0.05, 0.1) is 5.56 Å². The summed E-state index contributed by atoms with van der Waals surface area (Å²) in [5.41, 5.74) is 11.9. The van der Waals surface area contributed by atoms with Crippen molar-refractivity contribution in [3.63, 3.8) is 0 Å². The Kier molecular flexibility index (Phi) is 5.88. The lowest BCUT2D eigenvalue weighted by Crippen LogP contribution is -1.92. The Balaban J connectivity index is 1.36. The van der Waals surface area contributed by atoms with Crippen LogP contribution in [0, 0.1) is 11.3 Å². The lowest BCUT2D eigenvalue weighted by atomic mass is 9.88. The number of nitriles is 1. The summed E-state index contributed by atoms with van der Waals surface area (Å²) in [5.74, 6) is 0. The van der Waals surface area contributed by atoms with E-state index in [-0.39, 0.29) is 0 Å².